The maximum Gasteiger partial charge on any atom is 0.243 e. The Balaban J connectivity index is 3.19. The van der Waals surface area contributed by atoms with Gasteiger partial charge in [0.05, 0.1) is 18.0 Å². The Morgan fingerprint density at radius 2 is 2.16 bits per heavy atom. The molecule has 0 saturated carbocycles. The molecule has 0 aromatic heterocycles. The highest BCUT2D eigenvalue weighted by atomic mass is 32.2. The fourth-order valence-corrected chi connectivity index (χ4v) is 2.70. The van der Waals surface area contributed by atoms with Crippen LogP contribution in [0.2, 0.25) is 0 Å². The Morgan fingerprint density at radius 1 is 1.47 bits per heavy atom. The molecular weight excluding hydrogens is 264 g/mol. The summed E-state index contributed by atoms with van der Waals surface area (Å²) in [5.74, 6) is 2.90. The van der Waals surface area contributed by atoms with Gasteiger partial charge >= 0.3 is 0 Å². The van der Waals surface area contributed by atoms with Crippen molar-refractivity contribution < 1.29 is 13.2 Å². The highest BCUT2D eigenvalue weighted by Gasteiger charge is 2.21. The zero-order valence-electron chi connectivity index (χ0n) is 11.1. The first-order chi connectivity index (χ1) is 8.97. The zero-order valence-corrected chi connectivity index (χ0v) is 11.9. The van der Waals surface area contributed by atoms with E-state index in [0.717, 1.165) is 4.31 Å². The monoisotopic (exact) mass is 282 g/mol. The number of ether oxygens (including phenoxy) is 1. The van der Waals surface area contributed by atoms with Crippen LogP contribution in [0.25, 0.3) is 0 Å². The van der Waals surface area contributed by atoms with Crippen LogP contribution in [-0.4, -0.2) is 32.9 Å². The van der Waals surface area contributed by atoms with Gasteiger partial charge in [-0.2, -0.15) is 4.31 Å². The normalized spacial score (nSPS) is 11.3. The number of hydrogen-bond donors (Lipinski definition) is 1. The molecular formula is C13H18N2O3S. The second kappa shape index (κ2) is 6.57. The molecule has 1 aromatic carbocycles. The van der Waals surface area contributed by atoms with Crippen molar-refractivity contribution in [1.82, 2.24) is 4.31 Å². The van der Waals surface area contributed by atoms with E-state index in [1.807, 2.05) is 6.92 Å². The predicted octanol–water partition coefficient (Wildman–Crippen LogP) is 0.798. The highest BCUT2D eigenvalue weighted by Crippen LogP contribution is 2.24. The van der Waals surface area contributed by atoms with Crippen LogP contribution in [0.3, 0.4) is 0 Å². The number of benzene rings is 1. The molecule has 1 rings (SSSR count). The summed E-state index contributed by atoms with van der Waals surface area (Å²) in [6.07, 6.45) is 5.13. The molecule has 5 nitrogen and oxygen atoms in total. The number of terminal acetylenes is 1. The van der Waals surface area contributed by atoms with Crippen LogP contribution in [0.5, 0.6) is 5.75 Å². The second-order valence-electron chi connectivity index (χ2n) is 3.87. The third kappa shape index (κ3) is 3.47. The third-order valence-corrected chi connectivity index (χ3v) is 4.37. The van der Waals surface area contributed by atoms with E-state index < -0.39 is 10.0 Å². The number of nitrogens with zero attached hydrogens (tertiary/aromatic N) is 1. The summed E-state index contributed by atoms with van der Waals surface area (Å²) in [7, 11) is -2.15. The Labute approximate surface area is 114 Å². The van der Waals surface area contributed by atoms with Crippen LogP contribution >= 0.6 is 0 Å². The van der Waals surface area contributed by atoms with E-state index in [2.05, 4.69) is 5.92 Å². The Hall–Kier alpha value is -1.55. The van der Waals surface area contributed by atoms with Crippen LogP contribution in [0.4, 0.5) is 0 Å². The summed E-state index contributed by atoms with van der Waals surface area (Å²) in [6, 6.07) is 4.63. The maximum atomic E-state index is 12.2. The van der Waals surface area contributed by atoms with Crippen molar-refractivity contribution in [2.24, 2.45) is 5.73 Å². The van der Waals surface area contributed by atoms with Crippen molar-refractivity contribution in [2.75, 3.05) is 20.2 Å². The van der Waals surface area contributed by atoms with Gasteiger partial charge in [-0.3, -0.25) is 0 Å². The third-order valence-electron chi connectivity index (χ3n) is 2.57. The second-order valence-corrected chi connectivity index (χ2v) is 5.92. The molecule has 0 fully saturated rings. The minimum absolute atomic E-state index is 0.0213. The summed E-state index contributed by atoms with van der Waals surface area (Å²) in [5.41, 5.74) is 6.26. The first kappa shape index (κ1) is 15.5. The minimum Gasteiger partial charge on any atom is -0.494 e. The summed E-state index contributed by atoms with van der Waals surface area (Å²) >= 11 is 0. The van der Waals surface area contributed by atoms with Crippen LogP contribution in [0.1, 0.15) is 12.5 Å². The summed E-state index contributed by atoms with van der Waals surface area (Å²) in [4.78, 5) is 0.161. The first-order valence-corrected chi connectivity index (χ1v) is 7.27. The summed E-state index contributed by atoms with van der Waals surface area (Å²) < 4.78 is 30.9. The molecule has 0 saturated heterocycles. The molecule has 6 heteroatoms. The Kier molecular flexibility index (Phi) is 5.36. The van der Waals surface area contributed by atoms with Gasteiger partial charge < -0.3 is 10.5 Å². The topological polar surface area (TPSA) is 72.6 Å². The van der Waals surface area contributed by atoms with Crippen LogP contribution in [0.15, 0.2) is 23.1 Å². The minimum atomic E-state index is -3.59. The molecule has 0 aliphatic rings. The van der Waals surface area contributed by atoms with Crippen molar-refractivity contribution in [3.63, 3.8) is 0 Å². The molecule has 1 aromatic rings. The summed E-state index contributed by atoms with van der Waals surface area (Å²) in [6.45, 7) is 2.58. The predicted molar refractivity (Wildman–Crippen MR) is 74.2 cm³/mol. The van der Waals surface area contributed by atoms with Crippen molar-refractivity contribution in [3.8, 4) is 18.1 Å². The van der Waals surface area contributed by atoms with Crippen LogP contribution in [-0.2, 0) is 16.6 Å². The molecule has 0 unspecified atom stereocenters. The number of sulfonamides is 1. The quantitative estimate of drug-likeness (QED) is 0.783. The largest absolute Gasteiger partial charge is 0.494 e. The summed E-state index contributed by atoms with van der Waals surface area (Å²) in [5, 5.41) is 0. The van der Waals surface area contributed by atoms with Crippen molar-refractivity contribution in [3.05, 3.63) is 23.8 Å². The first-order valence-electron chi connectivity index (χ1n) is 5.83. The van der Waals surface area contributed by atoms with Gasteiger partial charge in [0.1, 0.15) is 5.75 Å². The molecule has 0 spiro atoms. The van der Waals surface area contributed by atoms with Gasteiger partial charge in [-0.1, -0.05) is 5.92 Å². The van der Waals surface area contributed by atoms with Crippen molar-refractivity contribution >= 4 is 10.0 Å². The van der Waals surface area contributed by atoms with Gasteiger partial charge in [-0.05, 0) is 25.1 Å². The standard InChI is InChI=1S/C13H18N2O3S/c1-4-8-15(3)19(16,17)12-6-7-13(18-5-2)11(9-12)10-14/h1,6-7,9H,5,8,10,14H2,2-3H3. The van der Waals surface area contributed by atoms with E-state index in [1.165, 1.54) is 19.2 Å². The van der Waals surface area contributed by atoms with E-state index in [1.54, 1.807) is 6.07 Å². The van der Waals surface area contributed by atoms with Gasteiger partial charge in [-0.25, -0.2) is 8.42 Å². The lowest BCUT2D eigenvalue weighted by Gasteiger charge is -2.16. The molecule has 0 amide bonds. The Morgan fingerprint density at radius 3 is 2.68 bits per heavy atom. The van der Waals surface area contributed by atoms with E-state index in [9.17, 15) is 8.42 Å². The SMILES string of the molecule is C#CCN(C)S(=O)(=O)c1ccc(OCC)c(CN)c1. The fraction of sp³-hybridized carbons (Fsp3) is 0.385. The van der Waals surface area contributed by atoms with Gasteiger partial charge in [-0.15, -0.1) is 6.42 Å². The Bertz CT molecular complexity index is 576. The molecule has 0 aliphatic heterocycles. The zero-order chi connectivity index (χ0) is 14.5. The molecule has 0 atom stereocenters. The van der Waals surface area contributed by atoms with Gasteiger partial charge in [0.25, 0.3) is 0 Å². The number of nitrogens with two attached hydrogens (primary N) is 1. The maximum absolute atomic E-state index is 12.2. The molecule has 0 aliphatic carbocycles. The molecule has 0 heterocycles. The van der Waals surface area contributed by atoms with Gasteiger partial charge in [0.15, 0.2) is 0 Å². The van der Waals surface area contributed by atoms with Gasteiger partial charge in [0.2, 0.25) is 10.0 Å². The average Bonchev–Trinajstić information content (AvgIpc) is 2.39. The van der Waals surface area contributed by atoms with E-state index in [0.29, 0.717) is 17.9 Å². The van der Waals surface area contributed by atoms with Gasteiger partial charge in [0, 0.05) is 19.2 Å². The van der Waals surface area contributed by atoms with Crippen LogP contribution < -0.4 is 10.5 Å². The van der Waals surface area contributed by atoms with Crippen molar-refractivity contribution in [2.45, 2.75) is 18.4 Å². The lowest BCUT2D eigenvalue weighted by molar-refractivity contribution is 0.336. The molecule has 19 heavy (non-hydrogen) atoms. The molecule has 0 bridgehead atoms. The number of rotatable bonds is 6. The van der Waals surface area contributed by atoms with Crippen LogP contribution in [0, 0.1) is 12.3 Å². The molecule has 104 valence electrons. The van der Waals surface area contributed by atoms with E-state index >= 15 is 0 Å². The lowest BCUT2D eigenvalue weighted by Crippen LogP contribution is -2.27. The molecule has 0 radical (unpaired) electrons. The van der Waals surface area contributed by atoms with E-state index in [4.69, 9.17) is 16.9 Å². The number of hydrogen-bond acceptors (Lipinski definition) is 4. The lowest BCUT2D eigenvalue weighted by atomic mass is 10.2. The highest BCUT2D eigenvalue weighted by molar-refractivity contribution is 7.89. The molecule has 2 N–H and O–H groups in total. The fourth-order valence-electron chi connectivity index (χ4n) is 1.57. The average molecular weight is 282 g/mol. The van der Waals surface area contributed by atoms with E-state index in [-0.39, 0.29) is 18.0 Å². The van der Waals surface area contributed by atoms with Crippen molar-refractivity contribution in [1.29, 1.82) is 0 Å². The smallest absolute Gasteiger partial charge is 0.243 e.